The van der Waals surface area contributed by atoms with Crippen LogP contribution in [0.2, 0.25) is 0 Å². The van der Waals surface area contributed by atoms with Gasteiger partial charge in [-0.2, -0.15) is 0 Å². The van der Waals surface area contributed by atoms with E-state index in [9.17, 15) is 4.79 Å². The minimum absolute atomic E-state index is 0.235. The van der Waals surface area contributed by atoms with Crippen molar-refractivity contribution in [3.05, 3.63) is 23.8 Å². The van der Waals surface area contributed by atoms with Gasteiger partial charge in [-0.1, -0.05) is 6.07 Å². The number of benzene rings is 1. The summed E-state index contributed by atoms with van der Waals surface area (Å²) in [6.07, 6.45) is 1.50. The third-order valence-electron chi connectivity index (χ3n) is 2.69. The molecule has 0 saturated carbocycles. The predicted octanol–water partition coefficient (Wildman–Crippen LogP) is 2.16. The van der Waals surface area contributed by atoms with Crippen molar-refractivity contribution in [1.82, 2.24) is 5.32 Å². The molecule has 0 atom stereocenters. The van der Waals surface area contributed by atoms with Crippen LogP contribution in [0.3, 0.4) is 0 Å². The summed E-state index contributed by atoms with van der Waals surface area (Å²) in [6.45, 7) is 3.17. The van der Waals surface area contributed by atoms with E-state index in [1.165, 1.54) is 0 Å². The molecule has 1 aromatic carbocycles. The Bertz CT molecular complexity index is 391. The van der Waals surface area contributed by atoms with Crippen molar-refractivity contribution in [2.75, 3.05) is 20.8 Å². The Morgan fingerprint density at radius 2 is 2.06 bits per heavy atom. The van der Waals surface area contributed by atoms with Crippen molar-refractivity contribution in [2.24, 2.45) is 0 Å². The Morgan fingerprint density at radius 1 is 1.28 bits per heavy atom. The zero-order valence-electron chi connectivity index (χ0n) is 11.3. The highest BCUT2D eigenvalue weighted by molar-refractivity contribution is 5.75. The topological polar surface area (TPSA) is 47.6 Å². The first-order valence-corrected chi connectivity index (χ1v) is 6.08. The van der Waals surface area contributed by atoms with E-state index in [1.54, 1.807) is 21.1 Å². The monoisotopic (exact) mass is 251 g/mol. The van der Waals surface area contributed by atoms with Crippen molar-refractivity contribution >= 4 is 5.78 Å². The lowest BCUT2D eigenvalue weighted by Crippen LogP contribution is -2.16. The van der Waals surface area contributed by atoms with Gasteiger partial charge >= 0.3 is 0 Å². The molecule has 1 N–H and O–H groups in total. The van der Waals surface area contributed by atoms with Gasteiger partial charge in [-0.3, -0.25) is 0 Å². The van der Waals surface area contributed by atoms with Gasteiger partial charge in [-0.05, 0) is 26.0 Å². The smallest absolute Gasteiger partial charge is 0.129 e. The lowest BCUT2D eigenvalue weighted by molar-refractivity contribution is -0.117. The number of methoxy groups -OCH3 is 2. The zero-order valence-corrected chi connectivity index (χ0v) is 11.3. The number of ketones is 1. The van der Waals surface area contributed by atoms with Gasteiger partial charge in [0, 0.05) is 24.6 Å². The maximum Gasteiger partial charge on any atom is 0.129 e. The Hall–Kier alpha value is -1.55. The summed E-state index contributed by atoms with van der Waals surface area (Å²) in [5.41, 5.74) is 1.08. The van der Waals surface area contributed by atoms with Gasteiger partial charge in [-0.15, -0.1) is 0 Å². The molecule has 18 heavy (non-hydrogen) atoms. The van der Waals surface area contributed by atoms with Crippen LogP contribution < -0.4 is 14.8 Å². The van der Waals surface area contributed by atoms with E-state index in [0.29, 0.717) is 6.42 Å². The molecule has 100 valence electrons. The van der Waals surface area contributed by atoms with E-state index in [-0.39, 0.29) is 5.78 Å². The lowest BCUT2D eigenvalue weighted by Gasteiger charge is -2.11. The van der Waals surface area contributed by atoms with Crippen molar-refractivity contribution in [3.8, 4) is 11.5 Å². The molecule has 0 aliphatic carbocycles. The lowest BCUT2D eigenvalue weighted by atomic mass is 10.2. The highest BCUT2D eigenvalue weighted by atomic mass is 16.5. The third kappa shape index (κ3) is 4.75. The highest BCUT2D eigenvalue weighted by Crippen LogP contribution is 2.24. The Labute approximate surface area is 108 Å². The molecule has 0 unspecified atom stereocenters. The second-order valence-corrected chi connectivity index (χ2v) is 4.16. The van der Waals surface area contributed by atoms with Crippen LogP contribution in [0.15, 0.2) is 18.2 Å². The summed E-state index contributed by atoms with van der Waals surface area (Å²) in [5.74, 6) is 1.83. The molecule has 0 radical (unpaired) electrons. The van der Waals surface area contributed by atoms with Gasteiger partial charge in [-0.25, -0.2) is 0 Å². The predicted molar refractivity (Wildman–Crippen MR) is 71.2 cm³/mol. The molecule has 0 fully saturated rings. The Morgan fingerprint density at radius 3 is 2.67 bits per heavy atom. The van der Waals surface area contributed by atoms with Gasteiger partial charge in [0.25, 0.3) is 0 Å². The molecular weight excluding hydrogens is 230 g/mol. The number of ether oxygens (including phenoxy) is 2. The number of Topliss-reactive ketones (excluding diaryl/α,β-unsaturated/α-hetero) is 1. The minimum Gasteiger partial charge on any atom is -0.497 e. The first kappa shape index (κ1) is 14.5. The number of hydrogen-bond acceptors (Lipinski definition) is 4. The molecule has 0 spiro atoms. The van der Waals surface area contributed by atoms with Crippen molar-refractivity contribution < 1.29 is 14.3 Å². The summed E-state index contributed by atoms with van der Waals surface area (Å²) in [4.78, 5) is 10.8. The van der Waals surface area contributed by atoms with E-state index >= 15 is 0 Å². The number of rotatable bonds is 8. The van der Waals surface area contributed by atoms with E-state index in [0.717, 1.165) is 36.6 Å². The first-order valence-electron chi connectivity index (χ1n) is 6.08. The van der Waals surface area contributed by atoms with E-state index in [4.69, 9.17) is 9.47 Å². The Kier molecular flexibility index (Phi) is 6.22. The molecule has 4 nitrogen and oxygen atoms in total. The fourth-order valence-electron chi connectivity index (χ4n) is 1.68. The average molecular weight is 251 g/mol. The molecule has 0 aliphatic heterocycles. The molecule has 1 aromatic rings. The summed E-state index contributed by atoms with van der Waals surface area (Å²) >= 11 is 0. The van der Waals surface area contributed by atoms with Gasteiger partial charge in [0.15, 0.2) is 0 Å². The summed E-state index contributed by atoms with van der Waals surface area (Å²) in [6, 6.07) is 5.76. The second kappa shape index (κ2) is 7.71. The fourth-order valence-corrected chi connectivity index (χ4v) is 1.68. The van der Waals surface area contributed by atoms with Crippen LogP contribution in [0.5, 0.6) is 11.5 Å². The molecule has 0 aromatic heterocycles. The SMILES string of the molecule is COc1ccc(CNCCCC(C)=O)c(OC)c1. The normalized spacial score (nSPS) is 10.2. The number of carbonyl (C=O) groups excluding carboxylic acids is 1. The summed E-state index contributed by atoms with van der Waals surface area (Å²) in [7, 11) is 3.28. The van der Waals surface area contributed by atoms with E-state index in [1.807, 2.05) is 18.2 Å². The van der Waals surface area contributed by atoms with Crippen LogP contribution in [0.25, 0.3) is 0 Å². The van der Waals surface area contributed by atoms with Gasteiger partial charge in [0.05, 0.1) is 14.2 Å². The number of hydrogen-bond donors (Lipinski definition) is 1. The standard InChI is InChI=1S/C14H21NO3/c1-11(16)5-4-8-15-10-12-6-7-13(17-2)9-14(12)18-3/h6-7,9,15H,4-5,8,10H2,1-3H3. The maximum absolute atomic E-state index is 10.8. The van der Waals surface area contributed by atoms with Crippen LogP contribution >= 0.6 is 0 Å². The maximum atomic E-state index is 10.8. The molecule has 4 heteroatoms. The second-order valence-electron chi connectivity index (χ2n) is 4.16. The van der Waals surface area contributed by atoms with E-state index < -0.39 is 0 Å². The quantitative estimate of drug-likeness (QED) is 0.719. The van der Waals surface area contributed by atoms with Crippen LogP contribution in [0.4, 0.5) is 0 Å². The summed E-state index contributed by atoms with van der Waals surface area (Å²) < 4.78 is 10.5. The fraction of sp³-hybridized carbons (Fsp3) is 0.500. The van der Waals surface area contributed by atoms with Crippen molar-refractivity contribution in [3.63, 3.8) is 0 Å². The van der Waals surface area contributed by atoms with Crippen LogP contribution in [-0.2, 0) is 11.3 Å². The molecule has 0 saturated heterocycles. The molecule has 1 rings (SSSR count). The van der Waals surface area contributed by atoms with Crippen LogP contribution in [0, 0.1) is 0 Å². The number of nitrogens with one attached hydrogen (secondary N) is 1. The molecule has 0 heterocycles. The largest absolute Gasteiger partial charge is 0.497 e. The molecule has 0 aliphatic rings. The van der Waals surface area contributed by atoms with Crippen molar-refractivity contribution in [1.29, 1.82) is 0 Å². The molecule has 0 bridgehead atoms. The highest BCUT2D eigenvalue weighted by Gasteiger charge is 2.04. The third-order valence-corrected chi connectivity index (χ3v) is 2.69. The zero-order chi connectivity index (χ0) is 13.4. The van der Waals surface area contributed by atoms with Crippen molar-refractivity contribution in [2.45, 2.75) is 26.3 Å². The molecule has 0 amide bonds. The van der Waals surface area contributed by atoms with Gasteiger partial charge in [0.2, 0.25) is 0 Å². The number of carbonyl (C=O) groups is 1. The minimum atomic E-state index is 0.235. The van der Waals surface area contributed by atoms with Crippen LogP contribution in [0.1, 0.15) is 25.3 Å². The van der Waals surface area contributed by atoms with Gasteiger partial charge in [0.1, 0.15) is 17.3 Å². The first-order chi connectivity index (χ1) is 8.67. The summed E-state index contributed by atoms with van der Waals surface area (Å²) in [5, 5.41) is 3.30. The molecular formula is C14H21NO3. The Balaban J connectivity index is 2.44. The average Bonchev–Trinajstić information content (AvgIpc) is 2.38. The van der Waals surface area contributed by atoms with Crippen LogP contribution in [-0.4, -0.2) is 26.5 Å². The van der Waals surface area contributed by atoms with E-state index in [2.05, 4.69) is 5.32 Å². The van der Waals surface area contributed by atoms with Gasteiger partial charge < -0.3 is 19.6 Å².